The fraction of sp³-hybridized carbons (Fsp3) is 0.455. The van der Waals surface area contributed by atoms with Gasteiger partial charge in [-0.25, -0.2) is 0 Å². The molecule has 0 saturated heterocycles. The lowest BCUT2D eigenvalue weighted by atomic mass is 10.0. The lowest BCUT2D eigenvalue weighted by molar-refractivity contribution is 0.458. The zero-order chi connectivity index (χ0) is 10.8. The quantitative estimate of drug-likeness (QED) is 0.696. The van der Waals surface area contributed by atoms with Gasteiger partial charge in [0.25, 0.3) is 0 Å². The van der Waals surface area contributed by atoms with Crippen LogP contribution in [0, 0.1) is 0 Å². The average molecular weight is 225 g/mol. The highest BCUT2D eigenvalue weighted by atomic mass is 32.2. The summed E-state index contributed by atoms with van der Waals surface area (Å²) in [6.07, 6.45) is 3.47. The SMILES string of the molecule is C[S+]([O-])c1cc2c(cc1O)CCNCC2. The number of fused-ring (bicyclic) bond motifs is 1. The van der Waals surface area contributed by atoms with E-state index in [2.05, 4.69) is 5.32 Å². The Hall–Kier alpha value is -0.710. The third-order valence-corrected chi connectivity index (χ3v) is 3.68. The van der Waals surface area contributed by atoms with E-state index in [1.54, 1.807) is 12.3 Å². The zero-order valence-electron chi connectivity index (χ0n) is 8.75. The predicted octanol–water partition coefficient (Wildman–Crippen LogP) is 0.818. The minimum absolute atomic E-state index is 0.163. The van der Waals surface area contributed by atoms with Crippen molar-refractivity contribution in [1.82, 2.24) is 5.32 Å². The summed E-state index contributed by atoms with van der Waals surface area (Å²) < 4.78 is 11.4. The Morgan fingerprint density at radius 3 is 2.47 bits per heavy atom. The first-order valence-electron chi connectivity index (χ1n) is 5.07. The molecule has 1 unspecified atom stereocenters. The van der Waals surface area contributed by atoms with Gasteiger partial charge in [-0.3, -0.25) is 0 Å². The largest absolute Gasteiger partial charge is 0.612 e. The maximum Gasteiger partial charge on any atom is 0.194 e. The molecule has 3 nitrogen and oxygen atoms in total. The molecule has 0 amide bonds. The smallest absolute Gasteiger partial charge is 0.194 e. The van der Waals surface area contributed by atoms with Crippen LogP contribution in [-0.4, -0.2) is 29.0 Å². The van der Waals surface area contributed by atoms with Crippen LogP contribution >= 0.6 is 0 Å². The molecule has 1 atom stereocenters. The van der Waals surface area contributed by atoms with Crippen LogP contribution in [0.25, 0.3) is 0 Å². The van der Waals surface area contributed by atoms with E-state index in [-0.39, 0.29) is 5.75 Å². The third-order valence-electron chi connectivity index (χ3n) is 2.73. The van der Waals surface area contributed by atoms with Crippen molar-refractivity contribution < 1.29 is 9.66 Å². The lowest BCUT2D eigenvalue weighted by Crippen LogP contribution is -2.16. The van der Waals surface area contributed by atoms with E-state index >= 15 is 0 Å². The van der Waals surface area contributed by atoms with Crippen LogP contribution < -0.4 is 5.32 Å². The van der Waals surface area contributed by atoms with E-state index in [0.29, 0.717) is 4.90 Å². The van der Waals surface area contributed by atoms with E-state index in [1.807, 2.05) is 6.07 Å². The molecule has 2 rings (SSSR count). The number of benzene rings is 1. The maximum absolute atomic E-state index is 11.4. The Kier molecular flexibility index (Phi) is 3.19. The molecule has 1 aliphatic heterocycles. The minimum atomic E-state index is -1.11. The first-order valence-corrected chi connectivity index (χ1v) is 6.63. The highest BCUT2D eigenvalue weighted by molar-refractivity contribution is 7.90. The van der Waals surface area contributed by atoms with E-state index in [4.69, 9.17) is 0 Å². The molecule has 0 bridgehead atoms. The Bertz CT molecular complexity index is 366. The van der Waals surface area contributed by atoms with Gasteiger partial charge in [-0.1, -0.05) is 0 Å². The van der Waals surface area contributed by atoms with Gasteiger partial charge in [-0.15, -0.1) is 0 Å². The molecular formula is C11H15NO2S. The summed E-state index contributed by atoms with van der Waals surface area (Å²) in [4.78, 5) is 0.552. The van der Waals surface area contributed by atoms with Crippen molar-refractivity contribution in [3.8, 4) is 5.75 Å². The second-order valence-electron chi connectivity index (χ2n) is 3.79. The van der Waals surface area contributed by atoms with Gasteiger partial charge in [0.15, 0.2) is 10.6 Å². The predicted molar refractivity (Wildman–Crippen MR) is 60.7 cm³/mol. The molecule has 2 N–H and O–H groups in total. The summed E-state index contributed by atoms with van der Waals surface area (Å²) in [6.45, 7) is 1.90. The summed E-state index contributed by atoms with van der Waals surface area (Å²) in [5, 5.41) is 13.0. The van der Waals surface area contributed by atoms with Crippen molar-refractivity contribution >= 4 is 11.2 Å². The summed E-state index contributed by atoms with van der Waals surface area (Å²) in [7, 11) is 0. The first kappa shape index (κ1) is 10.8. The number of hydrogen-bond donors (Lipinski definition) is 2. The van der Waals surface area contributed by atoms with Crippen molar-refractivity contribution in [2.24, 2.45) is 0 Å². The first-order chi connectivity index (χ1) is 7.18. The molecule has 1 aliphatic rings. The molecule has 1 heterocycles. The monoisotopic (exact) mass is 225 g/mol. The molecule has 4 heteroatoms. The Labute approximate surface area is 92.7 Å². The summed E-state index contributed by atoms with van der Waals surface area (Å²) in [5.74, 6) is 0.163. The summed E-state index contributed by atoms with van der Waals surface area (Å²) in [6, 6.07) is 3.65. The molecule has 82 valence electrons. The van der Waals surface area contributed by atoms with Crippen molar-refractivity contribution in [3.63, 3.8) is 0 Å². The van der Waals surface area contributed by atoms with Gasteiger partial charge in [0, 0.05) is 6.07 Å². The van der Waals surface area contributed by atoms with Crippen LogP contribution in [0.4, 0.5) is 0 Å². The number of hydrogen-bond acceptors (Lipinski definition) is 3. The maximum atomic E-state index is 11.4. The van der Waals surface area contributed by atoms with Crippen LogP contribution in [0.3, 0.4) is 0 Å². The summed E-state index contributed by atoms with van der Waals surface area (Å²) in [5.41, 5.74) is 2.38. The minimum Gasteiger partial charge on any atom is -0.612 e. The highest BCUT2D eigenvalue weighted by Crippen LogP contribution is 2.27. The molecule has 0 saturated carbocycles. The zero-order valence-corrected chi connectivity index (χ0v) is 9.56. The lowest BCUT2D eigenvalue weighted by Gasteiger charge is -2.11. The molecule has 15 heavy (non-hydrogen) atoms. The highest BCUT2D eigenvalue weighted by Gasteiger charge is 2.16. The van der Waals surface area contributed by atoms with Gasteiger partial charge in [0.1, 0.15) is 6.26 Å². The molecule has 0 spiro atoms. The van der Waals surface area contributed by atoms with E-state index < -0.39 is 11.2 Å². The van der Waals surface area contributed by atoms with Crippen LogP contribution in [0.1, 0.15) is 11.1 Å². The number of aromatic hydroxyl groups is 1. The average Bonchev–Trinajstić information content (AvgIpc) is 2.40. The van der Waals surface area contributed by atoms with Crippen LogP contribution in [0.5, 0.6) is 5.75 Å². The topological polar surface area (TPSA) is 55.3 Å². The van der Waals surface area contributed by atoms with E-state index in [1.165, 1.54) is 11.1 Å². The van der Waals surface area contributed by atoms with Crippen molar-refractivity contribution in [1.29, 1.82) is 0 Å². The fourth-order valence-electron chi connectivity index (χ4n) is 1.92. The molecule has 1 aromatic rings. The van der Waals surface area contributed by atoms with Crippen molar-refractivity contribution in [2.75, 3.05) is 19.3 Å². The van der Waals surface area contributed by atoms with Crippen LogP contribution in [0.15, 0.2) is 17.0 Å². The standard InChI is InChI=1S/C11H15NO2S/c1-15(14)11-7-9-3-5-12-4-2-8(9)6-10(11)13/h6-7,12-13H,2-5H2,1H3. The van der Waals surface area contributed by atoms with Crippen molar-refractivity contribution in [3.05, 3.63) is 23.3 Å². The van der Waals surface area contributed by atoms with Gasteiger partial charge in [0.2, 0.25) is 0 Å². The van der Waals surface area contributed by atoms with Crippen LogP contribution in [-0.2, 0) is 24.0 Å². The van der Waals surface area contributed by atoms with Gasteiger partial charge >= 0.3 is 0 Å². The Morgan fingerprint density at radius 1 is 1.27 bits per heavy atom. The number of phenols is 1. The van der Waals surface area contributed by atoms with E-state index in [0.717, 1.165) is 25.9 Å². The second-order valence-corrected chi connectivity index (χ2v) is 5.14. The summed E-state index contributed by atoms with van der Waals surface area (Å²) >= 11 is -1.11. The van der Waals surface area contributed by atoms with Gasteiger partial charge < -0.3 is 15.0 Å². The molecule has 0 fully saturated rings. The Morgan fingerprint density at radius 2 is 1.87 bits per heavy atom. The molecular weight excluding hydrogens is 210 g/mol. The fourth-order valence-corrected chi connectivity index (χ4v) is 2.58. The molecule has 0 aromatic heterocycles. The number of nitrogens with one attached hydrogen (secondary N) is 1. The molecule has 0 aliphatic carbocycles. The van der Waals surface area contributed by atoms with Crippen molar-refractivity contribution in [2.45, 2.75) is 17.7 Å². The van der Waals surface area contributed by atoms with Crippen LogP contribution in [0.2, 0.25) is 0 Å². The van der Waals surface area contributed by atoms with E-state index in [9.17, 15) is 9.66 Å². The molecule has 1 aromatic carbocycles. The van der Waals surface area contributed by atoms with Gasteiger partial charge in [-0.2, -0.15) is 0 Å². The third kappa shape index (κ3) is 2.27. The van der Waals surface area contributed by atoms with Gasteiger partial charge in [0.05, 0.1) is 0 Å². The van der Waals surface area contributed by atoms with Gasteiger partial charge in [-0.05, 0) is 54.3 Å². The Balaban J connectivity index is 2.42. The number of rotatable bonds is 1. The molecule has 0 radical (unpaired) electrons. The second kappa shape index (κ2) is 4.43. The normalized spacial score (nSPS) is 18.0. The number of phenolic OH excluding ortho intramolecular Hbond substituents is 1.